The second-order valence-electron chi connectivity index (χ2n) is 11.0. The molecule has 1 aliphatic heterocycles. The first-order valence-electron chi connectivity index (χ1n) is 14.6. The summed E-state index contributed by atoms with van der Waals surface area (Å²) in [7, 11) is 4.53. The summed E-state index contributed by atoms with van der Waals surface area (Å²) in [6, 6.07) is 11.5. The molecule has 6 rings (SSSR count). The highest BCUT2D eigenvalue weighted by atomic mass is 35.5. The lowest BCUT2D eigenvalue weighted by Crippen LogP contribution is -2.37. The normalized spacial score (nSPS) is 14.5. The number of fused-ring (bicyclic) bond motifs is 1. The van der Waals surface area contributed by atoms with Crippen molar-refractivity contribution >= 4 is 40.0 Å². The lowest BCUT2D eigenvalue weighted by molar-refractivity contribution is -0.119. The number of amides is 1. The predicted molar refractivity (Wildman–Crippen MR) is 175 cm³/mol. The maximum absolute atomic E-state index is 13.1. The van der Waals surface area contributed by atoms with Crippen molar-refractivity contribution in [2.45, 2.75) is 32.4 Å². The van der Waals surface area contributed by atoms with Crippen LogP contribution >= 0.6 is 11.6 Å². The summed E-state index contributed by atoms with van der Waals surface area (Å²) in [6.07, 6.45) is 4.34. The van der Waals surface area contributed by atoms with E-state index in [0.29, 0.717) is 53.1 Å². The summed E-state index contributed by atoms with van der Waals surface area (Å²) in [5.41, 5.74) is 4.33. The van der Waals surface area contributed by atoms with Gasteiger partial charge in [-0.05, 0) is 30.5 Å². The Morgan fingerprint density at radius 1 is 1.02 bits per heavy atom. The molecule has 1 aliphatic rings. The van der Waals surface area contributed by atoms with Crippen LogP contribution in [0.1, 0.15) is 24.1 Å². The number of rotatable bonds is 9. The fourth-order valence-corrected chi connectivity index (χ4v) is 5.95. The molecule has 0 unspecified atom stereocenters. The summed E-state index contributed by atoms with van der Waals surface area (Å²) < 4.78 is 7.91. The first kappa shape index (κ1) is 30.9. The van der Waals surface area contributed by atoms with Gasteiger partial charge in [0.2, 0.25) is 11.8 Å². The fraction of sp³-hybridized carbons (Fsp3) is 0.281. The third-order valence-corrected chi connectivity index (χ3v) is 8.57. The van der Waals surface area contributed by atoms with Crippen molar-refractivity contribution in [3.05, 3.63) is 86.0 Å². The fourth-order valence-electron chi connectivity index (χ4n) is 5.63. The Morgan fingerprint density at radius 2 is 1.78 bits per heavy atom. The summed E-state index contributed by atoms with van der Waals surface area (Å²) in [5, 5.41) is 10.2. The number of halogens is 1. The SMILES string of the molecule is COc1nc(-c2cccc(-c3cccc(Nc4ncnc5c4c(=O)n(C)c(=O)n5C)c3C)c2Cl)cnc1CNC[C@H]1CCC(=O)N1. The predicted octanol–water partition coefficient (Wildman–Crippen LogP) is 3.23. The molecule has 1 amide bonds. The third kappa shape index (κ3) is 5.70. The molecule has 0 radical (unpaired) electrons. The van der Waals surface area contributed by atoms with Crippen molar-refractivity contribution < 1.29 is 9.53 Å². The van der Waals surface area contributed by atoms with Gasteiger partial charge in [0.25, 0.3) is 5.56 Å². The molecule has 5 aromatic rings. The van der Waals surface area contributed by atoms with E-state index in [1.807, 2.05) is 43.3 Å². The largest absolute Gasteiger partial charge is 0.480 e. The molecule has 1 saturated heterocycles. The highest BCUT2D eigenvalue weighted by Crippen LogP contribution is 2.39. The van der Waals surface area contributed by atoms with Crippen LogP contribution in [0, 0.1) is 6.92 Å². The number of anilines is 2. The second-order valence-corrected chi connectivity index (χ2v) is 11.4. The van der Waals surface area contributed by atoms with E-state index >= 15 is 0 Å². The van der Waals surface area contributed by atoms with E-state index in [9.17, 15) is 14.4 Å². The van der Waals surface area contributed by atoms with E-state index in [4.69, 9.17) is 21.3 Å². The maximum atomic E-state index is 13.1. The number of hydrogen-bond donors (Lipinski definition) is 3. The van der Waals surface area contributed by atoms with Gasteiger partial charge in [0.15, 0.2) is 5.65 Å². The minimum Gasteiger partial charge on any atom is -0.480 e. The van der Waals surface area contributed by atoms with Gasteiger partial charge in [0, 0.05) is 56.5 Å². The molecule has 3 aromatic heterocycles. The van der Waals surface area contributed by atoms with Crippen LogP contribution in [0.25, 0.3) is 33.4 Å². The number of hydrogen-bond acceptors (Lipinski definition) is 10. The lowest BCUT2D eigenvalue weighted by atomic mass is 9.96. The molecule has 1 fully saturated rings. The van der Waals surface area contributed by atoms with Crippen LogP contribution in [0.3, 0.4) is 0 Å². The van der Waals surface area contributed by atoms with Crippen LogP contribution < -0.4 is 31.9 Å². The number of aryl methyl sites for hydroxylation is 1. The Balaban J connectivity index is 1.30. The number of carbonyl (C=O) groups excluding carboxylic acids is 1. The van der Waals surface area contributed by atoms with Crippen LogP contribution in [-0.4, -0.2) is 54.7 Å². The molecule has 236 valence electrons. The van der Waals surface area contributed by atoms with Crippen LogP contribution in [0.2, 0.25) is 5.02 Å². The molecule has 4 heterocycles. The van der Waals surface area contributed by atoms with Crippen molar-refractivity contribution in [3.8, 4) is 28.3 Å². The molecular weight excluding hydrogens is 610 g/mol. The van der Waals surface area contributed by atoms with Crippen molar-refractivity contribution in [3.63, 3.8) is 0 Å². The molecule has 14 heteroatoms. The zero-order valence-corrected chi connectivity index (χ0v) is 26.5. The van der Waals surface area contributed by atoms with E-state index in [2.05, 4.69) is 30.9 Å². The van der Waals surface area contributed by atoms with Gasteiger partial charge < -0.3 is 20.7 Å². The van der Waals surface area contributed by atoms with Gasteiger partial charge in [-0.2, -0.15) is 0 Å². The monoisotopic (exact) mass is 641 g/mol. The molecule has 2 aromatic carbocycles. The van der Waals surface area contributed by atoms with Gasteiger partial charge in [-0.25, -0.2) is 19.7 Å². The van der Waals surface area contributed by atoms with Gasteiger partial charge in [-0.1, -0.05) is 41.9 Å². The third-order valence-electron chi connectivity index (χ3n) is 8.16. The summed E-state index contributed by atoms with van der Waals surface area (Å²) >= 11 is 7.04. The molecule has 46 heavy (non-hydrogen) atoms. The first-order valence-corrected chi connectivity index (χ1v) is 15.0. The highest BCUT2D eigenvalue weighted by molar-refractivity contribution is 6.36. The highest BCUT2D eigenvalue weighted by Gasteiger charge is 2.21. The Kier molecular flexibility index (Phi) is 8.52. The summed E-state index contributed by atoms with van der Waals surface area (Å²) in [4.78, 5) is 54.8. The van der Waals surface area contributed by atoms with Crippen molar-refractivity contribution in [1.82, 2.24) is 39.7 Å². The van der Waals surface area contributed by atoms with Gasteiger partial charge in [0.05, 0.1) is 24.0 Å². The minimum atomic E-state index is -0.494. The van der Waals surface area contributed by atoms with Gasteiger partial charge in [0.1, 0.15) is 23.2 Å². The number of ether oxygens (including phenoxy) is 1. The zero-order valence-electron chi connectivity index (χ0n) is 25.7. The molecule has 1 atom stereocenters. The van der Waals surface area contributed by atoms with E-state index in [0.717, 1.165) is 27.7 Å². The van der Waals surface area contributed by atoms with Crippen LogP contribution in [-0.2, 0) is 25.4 Å². The van der Waals surface area contributed by atoms with Crippen LogP contribution in [0.15, 0.2) is 58.5 Å². The molecular formula is C32H32ClN9O4. The standard InChI is InChI=1S/C32H32ClN9O4/c1-17-19(7-6-10-22(17)39-28-26-29(37-16-36-28)41(2)32(45)42(3)31(26)44)20-8-5-9-21(27(20)33)23-15-35-24(30(40-23)46-4)14-34-13-18-11-12-25(43)38-18/h5-10,15-16,18,34H,11-14H2,1-4H3,(H,38,43)(H,36,37,39)/t18-/m1/s1. The van der Waals surface area contributed by atoms with Gasteiger partial charge >= 0.3 is 5.69 Å². The Bertz CT molecular complexity index is 2110. The van der Waals surface area contributed by atoms with Crippen molar-refractivity contribution in [1.29, 1.82) is 0 Å². The molecule has 0 aliphatic carbocycles. The zero-order chi connectivity index (χ0) is 32.5. The number of benzene rings is 2. The van der Waals surface area contributed by atoms with E-state index in [-0.39, 0.29) is 28.8 Å². The van der Waals surface area contributed by atoms with Crippen LogP contribution in [0.5, 0.6) is 5.88 Å². The lowest BCUT2D eigenvalue weighted by Gasteiger charge is -2.17. The second kappa shape index (κ2) is 12.7. The number of nitrogens with one attached hydrogen (secondary N) is 3. The molecule has 3 N–H and O–H groups in total. The van der Waals surface area contributed by atoms with Gasteiger partial charge in [-0.3, -0.25) is 23.7 Å². The number of aromatic nitrogens is 6. The molecule has 0 bridgehead atoms. The molecule has 13 nitrogen and oxygen atoms in total. The summed E-state index contributed by atoms with van der Waals surface area (Å²) in [6.45, 7) is 3.00. The maximum Gasteiger partial charge on any atom is 0.332 e. The van der Waals surface area contributed by atoms with E-state index < -0.39 is 11.2 Å². The van der Waals surface area contributed by atoms with Crippen molar-refractivity contribution in [2.24, 2.45) is 14.1 Å². The first-order chi connectivity index (χ1) is 22.2. The average molecular weight is 642 g/mol. The Morgan fingerprint density at radius 3 is 2.54 bits per heavy atom. The Labute approximate surface area is 268 Å². The molecule has 0 spiro atoms. The van der Waals surface area contributed by atoms with Crippen LogP contribution in [0.4, 0.5) is 11.5 Å². The topological polar surface area (TPSA) is 158 Å². The van der Waals surface area contributed by atoms with E-state index in [1.54, 1.807) is 20.4 Å². The number of carbonyl (C=O) groups is 1. The minimum absolute atomic E-state index is 0.0754. The number of methoxy groups -OCH3 is 1. The number of nitrogens with zero attached hydrogens (tertiary/aromatic N) is 6. The average Bonchev–Trinajstić information content (AvgIpc) is 3.48. The van der Waals surface area contributed by atoms with E-state index in [1.165, 1.54) is 17.9 Å². The molecule has 0 saturated carbocycles. The summed E-state index contributed by atoms with van der Waals surface area (Å²) in [5.74, 6) is 0.739. The quantitative estimate of drug-likeness (QED) is 0.218. The Hall–Kier alpha value is -5.14. The smallest absolute Gasteiger partial charge is 0.332 e. The van der Waals surface area contributed by atoms with Crippen molar-refractivity contribution in [2.75, 3.05) is 19.0 Å². The van der Waals surface area contributed by atoms with Gasteiger partial charge in [-0.15, -0.1) is 0 Å².